The molecule has 2 fully saturated rings. The Balaban J connectivity index is 1.40. The van der Waals surface area contributed by atoms with E-state index in [2.05, 4.69) is 26.6 Å². The average molecular weight is 1020 g/mol. The van der Waals surface area contributed by atoms with Gasteiger partial charge in [-0.25, -0.2) is 0 Å². The molecular weight excluding hydrogens is 951 g/mol. The third-order valence-electron chi connectivity index (χ3n) is 13.3. The summed E-state index contributed by atoms with van der Waals surface area (Å²) in [6.07, 6.45) is 2.80. The number of Topliss-reactive ketones (excluding diaryl/α,β-unsaturated/α-hetero) is 1. The van der Waals surface area contributed by atoms with Gasteiger partial charge in [0.15, 0.2) is 5.78 Å². The van der Waals surface area contributed by atoms with Gasteiger partial charge in [-0.2, -0.15) is 0 Å². The van der Waals surface area contributed by atoms with Crippen LogP contribution >= 0.6 is 27.7 Å². The molecule has 0 aliphatic carbocycles. The number of aliphatic imine (C=N–C) groups is 1. The first kappa shape index (κ1) is 54.2. The molecule has 2 aromatic rings. The van der Waals surface area contributed by atoms with Crippen LogP contribution in [-0.2, 0) is 46.4 Å². The largest absolute Gasteiger partial charge is 0.507 e. The predicted molar refractivity (Wildman–Crippen MR) is 269 cm³/mol. The van der Waals surface area contributed by atoms with E-state index in [1.165, 1.54) is 27.6 Å². The number of hydrogen-bond acceptors (Lipinski definition) is 10. The molecule has 0 aromatic heterocycles. The van der Waals surface area contributed by atoms with Gasteiger partial charge in [0, 0.05) is 57.6 Å². The summed E-state index contributed by atoms with van der Waals surface area (Å²) in [4.78, 5) is 110. The fraction of sp³-hybridized carbons (Fsp3) is 0.608. The summed E-state index contributed by atoms with van der Waals surface area (Å²) in [5.74, 6) is -1.91. The standard InChI is InChI=1S/C51H72BrN7O8S/c1-12-41(60)37-19-16-22-58(37)46(64)39(26-33-17-14-13-15-18-33)57(11)45(63)36(23-30(2)3)54-49(67)51(9)29-68-43(55-51)38-24-31(4)28-59(38)47(65)40(27-34-20-21-42(61)35(52)25-34)56(10)44(62)32(5)53-48(66)50(6,7)8/h13-15,17-18,20-21,25,30-32,36-40,61H,12,16,19,22-24,26-29H2,1-11H3,(H,53,66)(H,54,67)/t31-,32-,36+,37?,38-,39-,40+,51-/m0/s1. The van der Waals surface area contributed by atoms with Gasteiger partial charge in [-0.15, -0.1) is 11.8 Å². The zero-order valence-electron chi connectivity index (χ0n) is 41.6. The number of benzene rings is 2. The van der Waals surface area contributed by atoms with E-state index in [4.69, 9.17) is 4.99 Å². The van der Waals surface area contributed by atoms with Crippen LogP contribution in [0.2, 0.25) is 0 Å². The maximum absolute atomic E-state index is 15.0. The molecule has 3 aliphatic heterocycles. The van der Waals surface area contributed by atoms with E-state index in [1.807, 2.05) is 51.1 Å². The molecule has 1 unspecified atom stereocenters. The number of nitrogens with zero attached hydrogens (tertiary/aromatic N) is 5. The normalized spacial score (nSPS) is 22.2. The molecule has 3 heterocycles. The fourth-order valence-electron chi connectivity index (χ4n) is 9.17. The van der Waals surface area contributed by atoms with E-state index >= 15 is 0 Å². The second-order valence-corrected chi connectivity index (χ2v) is 22.4. The van der Waals surface area contributed by atoms with Gasteiger partial charge >= 0.3 is 0 Å². The summed E-state index contributed by atoms with van der Waals surface area (Å²) in [6, 6.07) is 9.52. The molecule has 17 heteroatoms. The monoisotopic (exact) mass is 1020 g/mol. The Kier molecular flexibility index (Phi) is 18.1. The molecule has 3 N–H and O–H groups in total. The van der Waals surface area contributed by atoms with Crippen LogP contribution < -0.4 is 10.6 Å². The molecule has 0 spiro atoms. The lowest BCUT2D eigenvalue weighted by Gasteiger charge is -2.36. The Bertz CT molecular complexity index is 2240. The number of rotatable bonds is 18. The molecule has 2 aromatic carbocycles. The predicted octanol–water partition coefficient (Wildman–Crippen LogP) is 5.79. The van der Waals surface area contributed by atoms with Gasteiger partial charge < -0.3 is 35.3 Å². The quantitative estimate of drug-likeness (QED) is 0.166. The molecule has 3 aliphatic rings. The molecule has 2 saturated heterocycles. The van der Waals surface area contributed by atoms with Crippen molar-refractivity contribution in [1.82, 2.24) is 30.2 Å². The lowest BCUT2D eigenvalue weighted by Crippen LogP contribution is -2.58. The van der Waals surface area contributed by atoms with E-state index in [1.54, 1.807) is 77.6 Å². The second-order valence-electron chi connectivity index (χ2n) is 20.6. The van der Waals surface area contributed by atoms with E-state index in [-0.39, 0.29) is 59.7 Å². The second kappa shape index (κ2) is 22.8. The molecule has 8 atom stereocenters. The molecule has 0 saturated carbocycles. The smallest absolute Gasteiger partial charge is 0.249 e. The van der Waals surface area contributed by atoms with Gasteiger partial charge in [0.05, 0.1) is 21.6 Å². The number of carbonyl (C=O) groups is 7. The van der Waals surface area contributed by atoms with Crippen LogP contribution in [0.25, 0.3) is 0 Å². The lowest BCUT2D eigenvalue weighted by molar-refractivity contribution is -0.148. The van der Waals surface area contributed by atoms with Crippen molar-refractivity contribution in [2.75, 3.05) is 32.9 Å². The maximum Gasteiger partial charge on any atom is 0.249 e. The topological polar surface area (TPSA) is 189 Å². The first-order valence-electron chi connectivity index (χ1n) is 23.9. The van der Waals surface area contributed by atoms with Gasteiger partial charge in [-0.3, -0.25) is 38.6 Å². The third kappa shape index (κ3) is 12.9. The van der Waals surface area contributed by atoms with Gasteiger partial charge in [-0.1, -0.05) is 84.9 Å². The summed E-state index contributed by atoms with van der Waals surface area (Å²) in [5, 5.41) is 16.7. The van der Waals surface area contributed by atoms with Crippen molar-refractivity contribution in [2.24, 2.45) is 22.2 Å². The third-order valence-corrected chi connectivity index (χ3v) is 15.3. The first-order valence-corrected chi connectivity index (χ1v) is 25.7. The zero-order valence-corrected chi connectivity index (χ0v) is 44.0. The van der Waals surface area contributed by atoms with Crippen LogP contribution in [0.15, 0.2) is 58.0 Å². The number of ketones is 1. The Morgan fingerprint density at radius 1 is 0.912 bits per heavy atom. The van der Waals surface area contributed by atoms with E-state index < -0.39 is 64.9 Å². The number of hydrogen-bond donors (Lipinski definition) is 3. The highest BCUT2D eigenvalue weighted by atomic mass is 79.9. The van der Waals surface area contributed by atoms with Gasteiger partial charge in [-0.05, 0) is 90.6 Å². The minimum atomic E-state index is -1.30. The summed E-state index contributed by atoms with van der Waals surface area (Å²) in [5.41, 5.74) is -0.496. The number of phenols is 1. The molecule has 0 bridgehead atoms. The molecule has 15 nitrogen and oxygen atoms in total. The number of thioether (sulfide) groups is 1. The summed E-state index contributed by atoms with van der Waals surface area (Å²) < 4.78 is 0.438. The van der Waals surface area contributed by atoms with Crippen molar-refractivity contribution in [2.45, 2.75) is 149 Å². The van der Waals surface area contributed by atoms with Crippen molar-refractivity contribution in [1.29, 1.82) is 0 Å². The molecule has 68 heavy (non-hydrogen) atoms. The van der Waals surface area contributed by atoms with Crippen molar-refractivity contribution in [3.05, 3.63) is 64.1 Å². The average Bonchev–Trinajstić information content (AvgIpc) is 4.05. The number of halogens is 1. The summed E-state index contributed by atoms with van der Waals surface area (Å²) >= 11 is 4.76. The van der Waals surface area contributed by atoms with Crippen molar-refractivity contribution >= 4 is 74.0 Å². The maximum atomic E-state index is 15.0. The van der Waals surface area contributed by atoms with Crippen molar-refractivity contribution in [3.8, 4) is 5.75 Å². The Hall–Kier alpha value is -4.77. The van der Waals surface area contributed by atoms with Gasteiger partial charge in [0.25, 0.3) is 0 Å². The molecule has 372 valence electrons. The number of aromatic hydroxyl groups is 1. The van der Waals surface area contributed by atoms with E-state index in [0.29, 0.717) is 60.3 Å². The summed E-state index contributed by atoms with van der Waals surface area (Å²) in [7, 11) is 3.15. The van der Waals surface area contributed by atoms with Crippen LogP contribution in [0.4, 0.5) is 0 Å². The SMILES string of the molecule is CCC(=O)C1CCCN1C(=O)[C@H](Cc1ccccc1)N(C)C(=O)[C@@H](CC(C)C)NC(=O)[C@]1(C)CSC([C@@H]2C[C@H](C)CN2C(=O)[C@@H](Cc2ccc(O)c(Br)c2)N(C)C(=O)[C@H](C)NC(=O)C(C)(C)C)=N1. The van der Waals surface area contributed by atoms with Crippen LogP contribution in [0.5, 0.6) is 5.75 Å². The Morgan fingerprint density at radius 2 is 1.53 bits per heavy atom. The highest BCUT2D eigenvalue weighted by Crippen LogP contribution is 2.37. The number of nitrogens with one attached hydrogen (secondary N) is 2. The molecule has 5 rings (SSSR count). The Labute approximate surface area is 415 Å². The number of likely N-dealkylation sites (tertiary alicyclic amines) is 2. The lowest BCUT2D eigenvalue weighted by atomic mass is 9.95. The van der Waals surface area contributed by atoms with E-state index in [0.717, 1.165) is 5.56 Å². The van der Waals surface area contributed by atoms with E-state index in [9.17, 15) is 38.7 Å². The highest BCUT2D eigenvalue weighted by Gasteiger charge is 2.48. The first-order chi connectivity index (χ1) is 31.9. The minimum Gasteiger partial charge on any atom is -0.507 e. The van der Waals surface area contributed by atoms with Crippen LogP contribution in [0.3, 0.4) is 0 Å². The summed E-state index contributed by atoms with van der Waals surface area (Å²) in [6.45, 7) is 17.1. The zero-order chi connectivity index (χ0) is 50.4. The number of likely N-dealkylation sites (N-methyl/N-ethyl adjacent to an activating group) is 2. The molecule has 0 radical (unpaired) electrons. The van der Waals surface area contributed by atoms with Crippen LogP contribution in [0, 0.1) is 17.3 Å². The number of carbonyl (C=O) groups excluding carboxylic acids is 7. The van der Waals surface area contributed by atoms with Gasteiger partial charge in [0.2, 0.25) is 35.4 Å². The van der Waals surface area contributed by atoms with Gasteiger partial charge in [0.1, 0.15) is 35.5 Å². The fourth-order valence-corrected chi connectivity index (χ4v) is 10.9. The molecular formula is C51H72BrN7O8S. The van der Waals surface area contributed by atoms with Crippen LogP contribution in [-0.4, -0.2) is 146 Å². The molecule has 6 amide bonds. The van der Waals surface area contributed by atoms with Crippen molar-refractivity contribution < 1.29 is 38.7 Å². The number of phenolic OH excluding ortho intramolecular Hbond substituents is 1. The van der Waals surface area contributed by atoms with Crippen molar-refractivity contribution in [3.63, 3.8) is 0 Å². The van der Waals surface area contributed by atoms with Crippen LogP contribution in [0.1, 0.15) is 106 Å². The highest BCUT2D eigenvalue weighted by molar-refractivity contribution is 9.10. The Morgan fingerprint density at radius 3 is 2.13 bits per heavy atom. The number of amides is 6. The minimum absolute atomic E-state index is 0.00572.